The zero-order chi connectivity index (χ0) is 26.1. The molecule has 0 bridgehead atoms. The van der Waals surface area contributed by atoms with Gasteiger partial charge in [0.25, 0.3) is 5.91 Å². The Morgan fingerprint density at radius 1 is 1.06 bits per heavy atom. The maximum atomic E-state index is 13.8. The minimum atomic E-state index is -5.08. The smallest absolute Gasteiger partial charge is 0.416 e. The Morgan fingerprint density at radius 3 is 2.31 bits per heavy atom. The summed E-state index contributed by atoms with van der Waals surface area (Å²) < 4.78 is 86.8. The van der Waals surface area contributed by atoms with Gasteiger partial charge in [0.2, 0.25) is 0 Å². The number of carbonyl (C=O) groups excluding carboxylic acids is 2. The molecule has 1 amide bonds. The maximum absolute atomic E-state index is 13.8. The number of ether oxygens (including phenoxy) is 1. The molecule has 12 heteroatoms. The second-order valence-corrected chi connectivity index (χ2v) is 7.86. The summed E-state index contributed by atoms with van der Waals surface area (Å²) in [5.74, 6) is -1.88. The third kappa shape index (κ3) is 5.55. The molecule has 5 nitrogen and oxygen atoms in total. The van der Waals surface area contributed by atoms with Crippen LogP contribution in [0.1, 0.15) is 51.9 Å². The van der Waals surface area contributed by atoms with Crippen LogP contribution in [-0.2, 0) is 17.5 Å². The van der Waals surface area contributed by atoms with Crippen LogP contribution in [-0.4, -0.2) is 29.2 Å². The summed E-state index contributed by atoms with van der Waals surface area (Å²) in [6, 6.07) is 3.99. The molecule has 0 spiro atoms. The van der Waals surface area contributed by atoms with Gasteiger partial charge in [-0.05, 0) is 49.7 Å². The van der Waals surface area contributed by atoms with Gasteiger partial charge in [-0.2, -0.15) is 26.3 Å². The molecule has 0 saturated heterocycles. The number of hydrogen-bond donors (Lipinski definition) is 1. The van der Waals surface area contributed by atoms with Crippen molar-refractivity contribution in [3.8, 4) is 0 Å². The molecule has 1 atom stereocenters. The first kappa shape index (κ1) is 26.4. The van der Waals surface area contributed by atoms with E-state index in [1.807, 2.05) is 0 Å². The van der Waals surface area contributed by atoms with Crippen LogP contribution in [0.5, 0.6) is 0 Å². The highest BCUT2D eigenvalue weighted by molar-refractivity contribution is 6.34. The van der Waals surface area contributed by atoms with E-state index in [0.29, 0.717) is 23.0 Å². The van der Waals surface area contributed by atoms with Crippen molar-refractivity contribution in [1.82, 2.24) is 9.88 Å². The van der Waals surface area contributed by atoms with Crippen LogP contribution in [0, 0.1) is 0 Å². The van der Waals surface area contributed by atoms with Crippen LogP contribution in [0.3, 0.4) is 0 Å². The van der Waals surface area contributed by atoms with Gasteiger partial charge in [0.15, 0.2) is 6.04 Å². The van der Waals surface area contributed by atoms with E-state index in [0.717, 1.165) is 12.1 Å². The van der Waals surface area contributed by atoms with Crippen LogP contribution < -0.4 is 5.32 Å². The van der Waals surface area contributed by atoms with Crippen LogP contribution in [0.25, 0.3) is 10.9 Å². The number of alkyl halides is 6. The maximum Gasteiger partial charge on any atom is 0.416 e. The zero-order valence-electron chi connectivity index (χ0n) is 18.4. The molecule has 0 aliphatic carbocycles. The fourth-order valence-electron chi connectivity index (χ4n) is 3.63. The third-order valence-electron chi connectivity index (χ3n) is 5.18. The van der Waals surface area contributed by atoms with E-state index in [9.17, 15) is 35.9 Å². The Kier molecular flexibility index (Phi) is 7.39. The second kappa shape index (κ2) is 9.80. The Morgan fingerprint density at radius 2 is 1.74 bits per heavy atom. The van der Waals surface area contributed by atoms with E-state index in [1.165, 1.54) is 22.8 Å². The Labute approximate surface area is 200 Å². The summed E-state index contributed by atoms with van der Waals surface area (Å²) in [6.45, 7) is 3.48. The third-order valence-corrected chi connectivity index (χ3v) is 5.50. The minimum absolute atomic E-state index is 0.0124. The summed E-state index contributed by atoms with van der Waals surface area (Å²) in [6.07, 6.45) is -9.94. The fraction of sp³-hybridized carbons (Fsp3) is 0.304. The number of hydrogen-bond acceptors (Lipinski definition) is 3. The number of rotatable bonds is 6. The molecule has 3 aromatic rings. The lowest BCUT2D eigenvalue weighted by molar-refractivity contribution is -0.156. The summed E-state index contributed by atoms with van der Waals surface area (Å²) in [7, 11) is 0. The Hall–Kier alpha value is -3.21. The number of benzene rings is 2. The molecule has 0 radical (unpaired) electrons. The molecule has 1 heterocycles. The number of carbonyl (C=O) groups is 2. The monoisotopic (exact) mass is 520 g/mol. The highest BCUT2D eigenvalue weighted by atomic mass is 35.5. The second-order valence-electron chi connectivity index (χ2n) is 7.46. The highest BCUT2D eigenvalue weighted by Gasteiger charge is 2.43. The number of halogens is 7. The number of nitrogens with one attached hydrogen (secondary N) is 1. The van der Waals surface area contributed by atoms with Crippen LogP contribution in [0.15, 0.2) is 42.5 Å². The van der Waals surface area contributed by atoms with Gasteiger partial charge in [0, 0.05) is 11.9 Å². The molecular weight excluding hydrogens is 502 g/mol. The van der Waals surface area contributed by atoms with Gasteiger partial charge < -0.3 is 14.6 Å². The molecule has 0 saturated carbocycles. The average Bonchev–Trinajstić information content (AvgIpc) is 3.13. The van der Waals surface area contributed by atoms with Crippen LogP contribution in [0.4, 0.5) is 26.3 Å². The van der Waals surface area contributed by atoms with Gasteiger partial charge in [-0.25, -0.2) is 4.79 Å². The number of fused-ring (bicyclic) bond motifs is 1. The molecule has 35 heavy (non-hydrogen) atoms. The SMILES string of the molecule is CCOC(=O)c1cc2cc(C(=O)NC(c3cccc(C(F)(F)F)c3)C(F)(F)F)n(CC)c2cc1Cl. The van der Waals surface area contributed by atoms with Gasteiger partial charge in [0.05, 0.1) is 28.3 Å². The Balaban J connectivity index is 2.04. The molecule has 188 valence electrons. The van der Waals surface area contributed by atoms with E-state index in [2.05, 4.69) is 0 Å². The van der Waals surface area contributed by atoms with Crippen molar-refractivity contribution in [2.24, 2.45) is 0 Å². The molecule has 2 aromatic carbocycles. The first-order chi connectivity index (χ1) is 16.3. The topological polar surface area (TPSA) is 60.3 Å². The number of aryl methyl sites for hydroxylation is 1. The van der Waals surface area contributed by atoms with Crippen molar-refractivity contribution < 1.29 is 40.7 Å². The van der Waals surface area contributed by atoms with Gasteiger partial charge in [0.1, 0.15) is 5.69 Å². The summed E-state index contributed by atoms with van der Waals surface area (Å²) in [5, 5.41) is 2.16. The number of aromatic nitrogens is 1. The lowest BCUT2D eigenvalue weighted by Crippen LogP contribution is -2.39. The molecule has 1 aromatic heterocycles. The van der Waals surface area contributed by atoms with Crippen LogP contribution in [0.2, 0.25) is 5.02 Å². The first-order valence-electron chi connectivity index (χ1n) is 10.3. The standard InChI is InChI=1S/C23H19ClF6N2O3/c1-3-32-17-11-16(24)15(21(34)35-4-2)9-13(17)10-18(32)20(33)31-19(23(28,29)30)12-6-5-7-14(8-12)22(25,26)27/h5-11,19H,3-4H2,1-2H3,(H,31,33). The van der Waals surface area contributed by atoms with Crippen molar-refractivity contribution in [3.63, 3.8) is 0 Å². The van der Waals surface area contributed by atoms with E-state index in [-0.39, 0.29) is 29.4 Å². The fourth-order valence-corrected chi connectivity index (χ4v) is 3.87. The molecule has 1 N–H and O–H groups in total. The van der Waals surface area contributed by atoms with Crippen molar-refractivity contribution in [2.75, 3.05) is 6.61 Å². The molecule has 0 aliphatic heterocycles. The van der Waals surface area contributed by atoms with E-state index in [4.69, 9.17) is 16.3 Å². The summed E-state index contributed by atoms with van der Waals surface area (Å²) >= 11 is 6.17. The van der Waals surface area contributed by atoms with E-state index < -0.39 is 41.4 Å². The average molecular weight is 521 g/mol. The molecule has 3 rings (SSSR count). The van der Waals surface area contributed by atoms with Gasteiger partial charge in [-0.15, -0.1) is 0 Å². The van der Waals surface area contributed by atoms with Gasteiger partial charge in [-0.3, -0.25) is 4.79 Å². The van der Waals surface area contributed by atoms with Gasteiger partial charge >= 0.3 is 18.3 Å². The van der Waals surface area contributed by atoms with Crippen molar-refractivity contribution in [2.45, 2.75) is 38.8 Å². The lowest BCUT2D eigenvalue weighted by atomic mass is 10.0. The van der Waals surface area contributed by atoms with Crippen molar-refractivity contribution in [3.05, 3.63) is 69.9 Å². The highest BCUT2D eigenvalue weighted by Crippen LogP contribution is 2.37. The summed E-state index contributed by atoms with van der Waals surface area (Å²) in [5.41, 5.74) is -1.85. The largest absolute Gasteiger partial charge is 0.462 e. The van der Waals surface area contributed by atoms with E-state index in [1.54, 1.807) is 19.2 Å². The predicted octanol–water partition coefficient (Wildman–Crippen LogP) is 6.54. The van der Waals surface area contributed by atoms with Crippen LogP contribution >= 0.6 is 11.6 Å². The summed E-state index contributed by atoms with van der Waals surface area (Å²) in [4.78, 5) is 25.1. The predicted molar refractivity (Wildman–Crippen MR) is 116 cm³/mol. The van der Waals surface area contributed by atoms with E-state index >= 15 is 0 Å². The number of amides is 1. The molecule has 1 unspecified atom stereocenters. The van der Waals surface area contributed by atoms with Gasteiger partial charge in [-0.1, -0.05) is 23.7 Å². The zero-order valence-corrected chi connectivity index (χ0v) is 19.1. The van der Waals surface area contributed by atoms with Crippen molar-refractivity contribution >= 4 is 34.4 Å². The Bertz CT molecular complexity index is 1270. The van der Waals surface area contributed by atoms with Crippen molar-refractivity contribution in [1.29, 1.82) is 0 Å². The molecular formula is C23H19ClF6N2O3. The normalized spacial score (nSPS) is 13.1. The first-order valence-corrected chi connectivity index (χ1v) is 10.7. The quantitative estimate of drug-likeness (QED) is 0.296. The lowest BCUT2D eigenvalue weighted by Gasteiger charge is -2.23. The number of esters is 1. The minimum Gasteiger partial charge on any atom is -0.462 e. The molecule has 0 fully saturated rings. The number of nitrogens with zero attached hydrogens (tertiary/aromatic N) is 1. The molecule has 0 aliphatic rings.